The van der Waals surface area contributed by atoms with Gasteiger partial charge in [-0.05, 0) is 35.5 Å². The number of hydrogen-bond acceptors (Lipinski definition) is 5. The molecule has 2 aromatic heterocycles. The number of tetrazole rings is 1. The number of carbonyl (C=O) groups excluding carboxylic acids is 1. The van der Waals surface area contributed by atoms with Gasteiger partial charge in [0.2, 0.25) is 11.7 Å². The van der Waals surface area contributed by atoms with Crippen LogP contribution in [0, 0.1) is 0 Å². The van der Waals surface area contributed by atoms with Crippen LogP contribution >= 0.6 is 0 Å². The summed E-state index contributed by atoms with van der Waals surface area (Å²) < 4.78 is 42.1. The Morgan fingerprint density at radius 2 is 2.00 bits per heavy atom. The maximum atomic E-state index is 12.5. The Morgan fingerprint density at radius 1 is 1.25 bits per heavy atom. The number of amides is 1. The molecule has 0 bridgehead atoms. The largest absolute Gasteiger partial charge is 0.468 e. The van der Waals surface area contributed by atoms with E-state index in [1.165, 1.54) is 0 Å². The second-order valence-corrected chi connectivity index (χ2v) is 4.84. The highest BCUT2D eigenvalue weighted by Crippen LogP contribution is 2.30. The van der Waals surface area contributed by atoms with Gasteiger partial charge in [0.05, 0.1) is 12.0 Å². The first-order valence-electron chi connectivity index (χ1n) is 6.70. The number of alkyl halides is 3. The van der Waals surface area contributed by atoms with Crippen molar-refractivity contribution in [1.82, 2.24) is 20.6 Å². The topological polar surface area (TPSA) is 96.7 Å². The molecule has 7 nitrogen and oxygen atoms in total. The molecule has 2 heterocycles. The molecule has 1 amide bonds. The van der Waals surface area contributed by atoms with E-state index in [9.17, 15) is 18.0 Å². The molecule has 2 N–H and O–H groups in total. The third-order valence-electron chi connectivity index (χ3n) is 3.09. The van der Waals surface area contributed by atoms with Crippen molar-refractivity contribution < 1.29 is 22.4 Å². The van der Waals surface area contributed by atoms with Crippen LogP contribution in [0.5, 0.6) is 0 Å². The first-order chi connectivity index (χ1) is 11.4. The van der Waals surface area contributed by atoms with E-state index in [0.717, 1.165) is 6.07 Å². The lowest BCUT2D eigenvalue weighted by Gasteiger charge is -2.04. The Labute approximate surface area is 132 Å². The van der Waals surface area contributed by atoms with Crippen molar-refractivity contribution in [2.24, 2.45) is 0 Å². The van der Waals surface area contributed by atoms with Crippen molar-refractivity contribution in [3.8, 4) is 11.4 Å². The molecule has 0 spiro atoms. The second kappa shape index (κ2) is 6.14. The van der Waals surface area contributed by atoms with Crippen molar-refractivity contribution in [1.29, 1.82) is 0 Å². The predicted molar refractivity (Wildman–Crippen MR) is 75.7 cm³/mol. The van der Waals surface area contributed by atoms with Crippen LogP contribution in [0.25, 0.3) is 11.4 Å². The number of H-pyrrole nitrogens is 1. The maximum Gasteiger partial charge on any atom is 0.419 e. The molecule has 24 heavy (non-hydrogen) atoms. The Morgan fingerprint density at radius 3 is 2.58 bits per heavy atom. The fourth-order valence-electron chi connectivity index (χ4n) is 1.97. The molecule has 0 unspecified atom stereocenters. The third kappa shape index (κ3) is 3.59. The minimum Gasteiger partial charge on any atom is -0.468 e. The summed E-state index contributed by atoms with van der Waals surface area (Å²) in [4.78, 5) is 11.9. The smallest absolute Gasteiger partial charge is 0.419 e. The summed E-state index contributed by atoms with van der Waals surface area (Å²) in [6.45, 7) is 0. The first-order valence-corrected chi connectivity index (χ1v) is 6.70. The quantitative estimate of drug-likeness (QED) is 0.763. The number of aromatic amines is 1. The summed E-state index contributed by atoms with van der Waals surface area (Å²) >= 11 is 0. The van der Waals surface area contributed by atoms with Crippen molar-refractivity contribution in [2.45, 2.75) is 12.6 Å². The molecule has 3 rings (SSSR count). The molecule has 0 saturated heterocycles. The Balaban J connectivity index is 1.61. The zero-order chi connectivity index (χ0) is 17.2. The van der Waals surface area contributed by atoms with Crippen LogP contribution in [-0.2, 0) is 17.4 Å². The summed E-state index contributed by atoms with van der Waals surface area (Å²) in [5.41, 5.74) is 0.257. The molecule has 10 heteroatoms. The highest BCUT2D eigenvalue weighted by Gasteiger charge is 2.32. The molecule has 0 aliphatic heterocycles. The number of nitrogens with one attached hydrogen (secondary N) is 2. The van der Waals surface area contributed by atoms with Crippen molar-refractivity contribution >= 4 is 11.6 Å². The Kier molecular flexibility index (Phi) is 4.02. The number of hydrogen-bond donors (Lipinski definition) is 2. The van der Waals surface area contributed by atoms with Crippen molar-refractivity contribution in [2.75, 3.05) is 5.32 Å². The zero-order valence-electron chi connectivity index (χ0n) is 12.0. The molecule has 0 atom stereocenters. The van der Waals surface area contributed by atoms with E-state index in [1.54, 1.807) is 24.3 Å². The fourth-order valence-corrected chi connectivity index (χ4v) is 1.97. The summed E-state index contributed by atoms with van der Waals surface area (Å²) in [7, 11) is 0. The van der Waals surface area contributed by atoms with Gasteiger partial charge in [-0.25, -0.2) is 0 Å². The molecule has 0 saturated carbocycles. The number of rotatable bonds is 4. The van der Waals surface area contributed by atoms with Crippen LogP contribution in [0.1, 0.15) is 11.3 Å². The summed E-state index contributed by atoms with van der Waals surface area (Å²) in [5, 5.41) is 16.0. The second-order valence-electron chi connectivity index (χ2n) is 4.84. The summed E-state index contributed by atoms with van der Waals surface area (Å²) in [5.74, 6) is -0.156. The normalized spacial score (nSPS) is 11.5. The van der Waals surface area contributed by atoms with Gasteiger partial charge in [0.25, 0.3) is 0 Å². The minimum absolute atomic E-state index is 0.0664. The average molecular weight is 337 g/mol. The van der Waals surface area contributed by atoms with E-state index in [0.29, 0.717) is 23.3 Å². The van der Waals surface area contributed by atoms with Crippen molar-refractivity contribution in [3.63, 3.8) is 0 Å². The van der Waals surface area contributed by atoms with Crippen LogP contribution < -0.4 is 5.32 Å². The molecular formula is C14H10F3N5O2. The lowest BCUT2D eigenvalue weighted by atomic mass is 10.2. The molecule has 1 aromatic carbocycles. The van der Waals surface area contributed by atoms with Gasteiger partial charge in [0.15, 0.2) is 0 Å². The predicted octanol–water partition coefficient (Wildman–Crippen LogP) is 2.66. The Bertz CT molecular complexity index is 825. The van der Waals surface area contributed by atoms with Gasteiger partial charge >= 0.3 is 6.18 Å². The van der Waals surface area contributed by atoms with Crippen LogP contribution in [0.15, 0.2) is 41.0 Å². The van der Waals surface area contributed by atoms with E-state index in [2.05, 4.69) is 25.9 Å². The first kappa shape index (κ1) is 15.7. The lowest BCUT2D eigenvalue weighted by Crippen LogP contribution is -2.14. The molecular weight excluding hydrogens is 327 g/mol. The van der Waals surface area contributed by atoms with Crippen LogP contribution in [0.2, 0.25) is 0 Å². The molecule has 124 valence electrons. The van der Waals surface area contributed by atoms with Gasteiger partial charge < -0.3 is 9.73 Å². The lowest BCUT2D eigenvalue weighted by molar-refractivity contribution is -0.138. The van der Waals surface area contributed by atoms with Gasteiger partial charge in [-0.2, -0.15) is 18.4 Å². The van der Waals surface area contributed by atoms with E-state index in [4.69, 9.17) is 4.42 Å². The average Bonchev–Trinajstić information content (AvgIpc) is 3.18. The number of carbonyl (C=O) groups is 1. The van der Waals surface area contributed by atoms with Gasteiger partial charge in [0, 0.05) is 11.3 Å². The van der Waals surface area contributed by atoms with E-state index in [-0.39, 0.29) is 12.2 Å². The summed E-state index contributed by atoms with van der Waals surface area (Å²) in [6.07, 6.45) is -4.21. The highest BCUT2D eigenvalue weighted by molar-refractivity contribution is 5.92. The number of benzene rings is 1. The highest BCUT2D eigenvalue weighted by atomic mass is 19.4. The number of aromatic nitrogens is 4. The molecule has 0 aliphatic carbocycles. The molecule has 0 radical (unpaired) electrons. The van der Waals surface area contributed by atoms with Gasteiger partial charge in [-0.3, -0.25) is 4.79 Å². The molecule has 0 fully saturated rings. The number of halogens is 3. The number of furan rings is 1. The Hall–Kier alpha value is -3.17. The van der Waals surface area contributed by atoms with E-state index in [1.807, 2.05) is 0 Å². The summed E-state index contributed by atoms with van der Waals surface area (Å²) in [6, 6.07) is 7.39. The van der Waals surface area contributed by atoms with E-state index < -0.39 is 17.6 Å². The minimum atomic E-state index is -4.50. The number of nitrogens with zero attached hydrogens (tertiary/aromatic N) is 3. The monoisotopic (exact) mass is 337 g/mol. The van der Waals surface area contributed by atoms with Crippen LogP contribution in [0.3, 0.4) is 0 Å². The maximum absolute atomic E-state index is 12.5. The molecule has 0 aliphatic rings. The SMILES string of the molecule is O=C(Cc1cc(C(F)(F)F)co1)Nc1ccc(-c2nn[nH]n2)cc1. The third-order valence-corrected chi connectivity index (χ3v) is 3.09. The van der Waals surface area contributed by atoms with Gasteiger partial charge in [0.1, 0.15) is 12.0 Å². The fraction of sp³-hybridized carbons (Fsp3) is 0.143. The number of anilines is 1. The van der Waals surface area contributed by atoms with Gasteiger partial charge in [-0.1, -0.05) is 0 Å². The van der Waals surface area contributed by atoms with Crippen LogP contribution in [0.4, 0.5) is 18.9 Å². The van der Waals surface area contributed by atoms with Gasteiger partial charge in [-0.15, -0.1) is 10.2 Å². The zero-order valence-corrected chi connectivity index (χ0v) is 12.0. The molecule has 3 aromatic rings. The van der Waals surface area contributed by atoms with Crippen molar-refractivity contribution in [3.05, 3.63) is 47.9 Å². The van der Waals surface area contributed by atoms with E-state index >= 15 is 0 Å². The standard InChI is InChI=1S/C14H10F3N5O2/c15-14(16,17)9-5-11(24-7-9)6-12(23)18-10-3-1-8(2-4-10)13-19-21-22-20-13/h1-5,7H,6H2,(H,18,23)(H,19,20,21,22). The van der Waals surface area contributed by atoms with Crippen LogP contribution in [-0.4, -0.2) is 26.5 Å².